The number of piperazine rings is 1. The fraction of sp³-hybridized carbons (Fsp3) is 0.800. The van der Waals surface area contributed by atoms with Crippen LogP contribution in [-0.2, 0) is 4.79 Å². The van der Waals surface area contributed by atoms with E-state index in [1.165, 1.54) is 0 Å². The number of hydrogen-bond donors (Lipinski definition) is 2. The van der Waals surface area contributed by atoms with Gasteiger partial charge in [-0.3, -0.25) is 4.79 Å². The van der Waals surface area contributed by atoms with E-state index >= 15 is 0 Å². The smallest absolute Gasteiger partial charge is 0.234 e. The summed E-state index contributed by atoms with van der Waals surface area (Å²) in [7, 11) is 0. The Morgan fingerprint density at radius 3 is 2.88 bits per heavy atom. The minimum Gasteiger partial charge on any atom is -0.351 e. The summed E-state index contributed by atoms with van der Waals surface area (Å²) in [6, 6.07) is 0.302. The van der Waals surface area contributed by atoms with E-state index in [0.717, 1.165) is 6.54 Å². The maximum Gasteiger partial charge on any atom is 0.234 e. The summed E-state index contributed by atoms with van der Waals surface area (Å²) in [5, 5.41) is 5.75. The van der Waals surface area contributed by atoms with Crippen LogP contribution >= 0.6 is 0 Å². The maximum atomic E-state index is 10.5. The second-order valence-corrected chi connectivity index (χ2v) is 2.10. The molecule has 1 unspecified atom stereocenters. The van der Waals surface area contributed by atoms with Gasteiger partial charge in [-0.05, 0) is 6.92 Å². The van der Waals surface area contributed by atoms with E-state index in [0.29, 0.717) is 12.6 Å². The molecule has 3 nitrogen and oxygen atoms in total. The second-order valence-electron chi connectivity index (χ2n) is 2.10. The summed E-state index contributed by atoms with van der Waals surface area (Å²) in [4.78, 5) is 10.5. The molecular formula is C5H10N2O. The molecule has 46 valence electrons. The van der Waals surface area contributed by atoms with Crippen molar-refractivity contribution >= 4 is 5.91 Å². The van der Waals surface area contributed by atoms with E-state index in [9.17, 15) is 4.79 Å². The van der Waals surface area contributed by atoms with E-state index in [4.69, 9.17) is 0 Å². The van der Waals surface area contributed by atoms with Crippen LogP contribution in [0.3, 0.4) is 0 Å². The van der Waals surface area contributed by atoms with Crippen LogP contribution in [0.25, 0.3) is 0 Å². The van der Waals surface area contributed by atoms with Gasteiger partial charge in [-0.1, -0.05) is 0 Å². The van der Waals surface area contributed by atoms with Gasteiger partial charge in [0.25, 0.3) is 0 Å². The number of hydrogen-bond acceptors (Lipinski definition) is 2. The average Bonchev–Trinajstić information content (AvgIpc) is 1.64. The van der Waals surface area contributed by atoms with Crippen LogP contribution in [0.1, 0.15) is 6.92 Å². The Kier molecular flexibility index (Phi) is 1.48. The van der Waals surface area contributed by atoms with E-state index < -0.39 is 0 Å². The topological polar surface area (TPSA) is 41.1 Å². The molecule has 0 radical (unpaired) electrons. The Bertz CT molecular complexity index is 103. The first-order chi connectivity index (χ1) is 3.79. The molecule has 1 atom stereocenters. The van der Waals surface area contributed by atoms with Crippen molar-refractivity contribution in [2.75, 3.05) is 13.1 Å². The van der Waals surface area contributed by atoms with Crippen molar-refractivity contribution < 1.29 is 4.79 Å². The third kappa shape index (κ3) is 1.20. The van der Waals surface area contributed by atoms with Crippen molar-refractivity contribution in [2.45, 2.75) is 13.0 Å². The van der Waals surface area contributed by atoms with Gasteiger partial charge in [0, 0.05) is 12.6 Å². The molecule has 1 saturated heterocycles. The zero-order chi connectivity index (χ0) is 5.98. The van der Waals surface area contributed by atoms with Crippen molar-refractivity contribution in [1.82, 2.24) is 10.6 Å². The van der Waals surface area contributed by atoms with Gasteiger partial charge in [-0.2, -0.15) is 0 Å². The molecule has 0 spiro atoms. The minimum absolute atomic E-state index is 0.101. The number of carbonyl (C=O) groups is 1. The predicted octanol–water partition coefficient (Wildman–Crippen LogP) is -0.906. The van der Waals surface area contributed by atoms with Crippen LogP contribution in [0.5, 0.6) is 0 Å². The zero-order valence-corrected chi connectivity index (χ0v) is 4.90. The fourth-order valence-corrected chi connectivity index (χ4v) is 0.779. The second kappa shape index (κ2) is 2.13. The monoisotopic (exact) mass is 114 g/mol. The summed E-state index contributed by atoms with van der Waals surface area (Å²) < 4.78 is 0. The first-order valence-corrected chi connectivity index (χ1v) is 2.79. The highest BCUT2D eigenvalue weighted by molar-refractivity contribution is 5.79. The Hall–Kier alpha value is -0.570. The molecule has 1 aliphatic rings. The van der Waals surface area contributed by atoms with Gasteiger partial charge in [0.1, 0.15) is 0 Å². The molecule has 0 aromatic rings. The molecule has 0 aromatic heterocycles. The average molecular weight is 114 g/mol. The summed E-state index contributed by atoms with van der Waals surface area (Å²) in [5.41, 5.74) is 0. The van der Waals surface area contributed by atoms with Crippen molar-refractivity contribution in [3.63, 3.8) is 0 Å². The molecular weight excluding hydrogens is 104 g/mol. The van der Waals surface area contributed by atoms with Crippen LogP contribution < -0.4 is 10.6 Å². The fourth-order valence-electron chi connectivity index (χ4n) is 0.779. The van der Waals surface area contributed by atoms with Crippen LogP contribution in [-0.4, -0.2) is 25.0 Å². The van der Waals surface area contributed by atoms with E-state index in [-0.39, 0.29) is 5.91 Å². The van der Waals surface area contributed by atoms with Crippen LogP contribution in [0.4, 0.5) is 0 Å². The molecule has 2 N–H and O–H groups in total. The summed E-state index contributed by atoms with van der Waals surface area (Å²) >= 11 is 0. The summed E-state index contributed by atoms with van der Waals surface area (Å²) in [5.74, 6) is 0.101. The molecule has 1 aliphatic heterocycles. The highest BCUT2D eigenvalue weighted by Crippen LogP contribution is 1.83. The third-order valence-electron chi connectivity index (χ3n) is 1.14. The molecule has 0 aliphatic carbocycles. The van der Waals surface area contributed by atoms with Crippen LogP contribution in [0.15, 0.2) is 0 Å². The molecule has 1 fully saturated rings. The standard InChI is InChI=1S/C5H10N2O/c1-4-2-6-3-5(8)7-4/h4,6H,2-3H2,1H3,(H,7,8). The summed E-state index contributed by atoms with van der Waals surface area (Å²) in [6.07, 6.45) is 0. The van der Waals surface area contributed by atoms with Crippen LogP contribution in [0, 0.1) is 0 Å². The normalized spacial score (nSPS) is 29.6. The molecule has 3 heteroatoms. The molecule has 8 heavy (non-hydrogen) atoms. The van der Waals surface area contributed by atoms with Gasteiger partial charge in [-0.15, -0.1) is 0 Å². The van der Waals surface area contributed by atoms with Crippen molar-refractivity contribution in [3.8, 4) is 0 Å². The van der Waals surface area contributed by atoms with E-state index in [2.05, 4.69) is 10.6 Å². The van der Waals surface area contributed by atoms with Gasteiger partial charge in [0.15, 0.2) is 0 Å². The van der Waals surface area contributed by atoms with Gasteiger partial charge in [-0.25, -0.2) is 0 Å². The molecule has 0 saturated carbocycles. The van der Waals surface area contributed by atoms with Gasteiger partial charge in [0.05, 0.1) is 6.54 Å². The van der Waals surface area contributed by atoms with Crippen LogP contribution in [0.2, 0.25) is 0 Å². The lowest BCUT2D eigenvalue weighted by atomic mass is 10.3. The lowest BCUT2D eigenvalue weighted by Gasteiger charge is -2.19. The van der Waals surface area contributed by atoms with E-state index in [1.807, 2.05) is 6.92 Å². The first-order valence-electron chi connectivity index (χ1n) is 2.79. The molecule has 1 heterocycles. The van der Waals surface area contributed by atoms with E-state index in [1.54, 1.807) is 0 Å². The Morgan fingerprint density at radius 2 is 2.50 bits per heavy atom. The quantitative estimate of drug-likeness (QED) is 0.428. The van der Waals surface area contributed by atoms with Crippen molar-refractivity contribution in [2.24, 2.45) is 0 Å². The molecule has 1 rings (SSSR count). The number of amides is 1. The number of nitrogens with one attached hydrogen (secondary N) is 2. The predicted molar refractivity (Wildman–Crippen MR) is 30.5 cm³/mol. The molecule has 1 amide bonds. The molecule has 0 bridgehead atoms. The zero-order valence-electron chi connectivity index (χ0n) is 4.90. The Labute approximate surface area is 48.5 Å². The lowest BCUT2D eigenvalue weighted by molar-refractivity contribution is -0.121. The van der Waals surface area contributed by atoms with Gasteiger partial charge < -0.3 is 10.6 Å². The largest absolute Gasteiger partial charge is 0.351 e. The number of carbonyl (C=O) groups excluding carboxylic acids is 1. The highest BCUT2D eigenvalue weighted by atomic mass is 16.2. The van der Waals surface area contributed by atoms with Gasteiger partial charge in [0.2, 0.25) is 5.91 Å². The minimum atomic E-state index is 0.101. The van der Waals surface area contributed by atoms with Gasteiger partial charge >= 0.3 is 0 Å². The third-order valence-corrected chi connectivity index (χ3v) is 1.14. The Morgan fingerprint density at radius 1 is 1.75 bits per heavy atom. The first kappa shape index (κ1) is 5.56. The number of rotatable bonds is 0. The Balaban J connectivity index is 2.34. The molecule has 0 aromatic carbocycles. The van der Waals surface area contributed by atoms with Crippen molar-refractivity contribution in [1.29, 1.82) is 0 Å². The summed E-state index contributed by atoms with van der Waals surface area (Å²) in [6.45, 7) is 3.35. The SMILES string of the molecule is CC1CNCC(=O)N1. The lowest BCUT2D eigenvalue weighted by Crippen LogP contribution is -2.50. The van der Waals surface area contributed by atoms with Crippen molar-refractivity contribution in [3.05, 3.63) is 0 Å². The highest BCUT2D eigenvalue weighted by Gasteiger charge is 2.11. The maximum absolute atomic E-state index is 10.5.